The van der Waals surface area contributed by atoms with Crippen LogP contribution in [0.5, 0.6) is 11.5 Å². The SMILES string of the molecule is Cc1cc(C=O)c(O)c(NC(=O)OC(C)(C)C)c1O. The number of aromatic hydroxyl groups is 2. The van der Waals surface area contributed by atoms with Gasteiger partial charge in [0.25, 0.3) is 0 Å². The molecule has 0 atom stereocenters. The Kier molecular flexibility index (Phi) is 4.04. The number of rotatable bonds is 2. The van der Waals surface area contributed by atoms with Crippen LogP contribution in [0.4, 0.5) is 10.5 Å². The Morgan fingerprint density at radius 2 is 1.89 bits per heavy atom. The second-order valence-electron chi connectivity index (χ2n) is 5.10. The lowest BCUT2D eigenvalue weighted by molar-refractivity contribution is 0.0634. The van der Waals surface area contributed by atoms with Crippen LogP contribution < -0.4 is 5.32 Å². The van der Waals surface area contributed by atoms with Gasteiger partial charge in [0.05, 0.1) is 5.56 Å². The monoisotopic (exact) mass is 267 g/mol. The van der Waals surface area contributed by atoms with Gasteiger partial charge in [0.2, 0.25) is 0 Å². The average molecular weight is 267 g/mol. The third kappa shape index (κ3) is 3.61. The summed E-state index contributed by atoms with van der Waals surface area (Å²) in [6, 6.07) is 1.32. The summed E-state index contributed by atoms with van der Waals surface area (Å²) in [5.41, 5.74) is -0.629. The van der Waals surface area contributed by atoms with Crippen LogP contribution in [0.25, 0.3) is 0 Å². The number of aryl methyl sites for hydroxylation is 1. The lowest BCUT2D eigenvalue weighted by atomic mass is 10.1. The van der Waals surface area contributed by atoms with Gasteiger partial charge in [-0.15, -0.1) is 0 Å². The maximum Gasteiger partial charge on any atom is 0.412 e. The van der Waals surface area contributed by atoms with E-state index in [9.17, 15) is 19.8 Å². The van der Waals surface area contributed by atoms with Crippen molar-refractivity contribution in [3.63, 3.8) is 0 Å². The summed E-state index contributed by atoms with van der Waals surface area (Å²) in [5, 5.41) is 21.8. The minimum Gasteiger partial charge on any atom is -0.505 e. The Hall–Kier alpha value is -2.24. The maximum atomic E-state index is 11.6. The molecule has 0 spiro atoms. The van der Waals surface area contributed by atoms with Gasteiger partial charge in [-0.3, -0.25) is 10.1 Å². The molecule has 6 heteroatoms. The zero-order valence-corrected chi connectivity index (χ0v) is 11.3. The molecule has 6 nitrogen and oxygen atoms in total. The second-order valence-corrected chi connectivity index (χ2v) is 5.10. The Morgan fingerprint density at radius 1 is 1.32 bits per heavy atom. The summed E-state index contributed by atoms with van der Waals surface area (Å²) in [6.45, 7) is 6.58. The van der Waals surface area contributed by atoms with E-state index >= 15 is 0 Å². The highest BCUT2D eigenvalue weighted by Crippen LogP contribution is 2.38. The molecule has 1 aromatic rings. The smallest absolute Gasteiger partial charge is 0.412 e. The minimum atomic E-state index is -0.833. The number of phenols is 2. The van der Waals surface area contributed by atoms with Crippen LogP contribution in [0.2, 0.25) is 0 Å². The molecule has 0 saturated carbocycles. The third-order valence-corrected chi connectivity index (χ3v) is 2.25. The van der Waals surface area contributed by atoms with E-state index in [0.29, 0.717) is 11.8 Å². The number of ether oxygens (including phenoxy) is 1. The molecule has 0 aliphatic rings. The van der Waals surface area contributed by atoms with E-state index in [0.717, 1.165) is 0 Å². The first kappa shape index (κ1) is 14.8. The highest BCUT2D eigenvalue weighted by Gasteiger charge is 2.21. The van der Waals surface area contributed by atoms with Crippen molar-refractivity contribution in [2.45, 2.75) is 33.3 Å². The molecule has 0 bridgehead atoms. The van der Waals surface area contributed by atoms with E-state index in [1.165, 1.54) is 6.07 Å². The quantitative estimate of drug-likeness (QED) is 0.565. The number of aldehydes is 1. The maximum absolute atomic E-state index is 11.6. The van der Waals surface area contributed by atoms with E-state index < -0.39 is 17.4 Å². The van der Waals surface area contributed by atoms with Crippen molar-refractivity contribution in [2.75, 3.05) is 5.32 Å². The molecule has 0 aliphatic heterocycles. The fraction of sp³-hybridized carbons (Fsp3) is 0.385. The van der Waals surface area contributed by atoms with E-state index in [2.05, 4.69) is 5.32 Å². The third-order valence-electron chi connectivity index (χ3n) is 2.25. The van der Waals surface area contributed by atoms with Crippen molar-refractivity contribution in [3.05, 3.63) is 17.2 Å². The summed E-state index contributed by atoms with van der Waals surface area (Å²) >= 11 is 0. The number of phenolic OH excluding ortho intramolecular Hbond substituents is 2. The molecule has 104 valence electrons. The first-order valence-corrected chi connectivity index (χ1v) is 5.66. The lowest BCUT2D eigenvalue weighted by Gasteiger charge is -2.20. The highest BCUT2D eigenvalue weighted by atomic mass is 16.6. The van der Waals surface area contributed by atoms with Crippen LogP contribution in [0, 0.1) is 6.92 Å². The number of amides is 1. The van der Waals surface area contributed by atoms with Crippen molar-refractivity contribution in [1.29, 1.82) is 0 Å². The van der Waals surface area contributed by atoms with Crippen LogP contribution in [0.3, 0.4) is 0 Å². The average Bonchev–Trinajstić information content (AvgIpc) is 2.27. The molecule has 0 aromatic heterocycles. The number of benzene rings is 1. The predicted octanol–water partition coefficient (Wildman–Crippen LogP) is 2.57. The Morgan fingerprint density at radius 3 is 2.37 bits per heavy atom. The number of carbonyl (C=O) groups is 2. The molecule has 3 N–H and O–H groups in total. The molecule has 1 aromatic carbocycles. The summed E-state index contributed by atoms with van der Waals surface area (Å²) in [6.07, 6.45) is -0.400. The standard InChI is InChI=1S/C13H17NO5/c1-7-5-8(6-15)11(17)9(10(7)16)14-12(18)19-13(2,3)4/h5-6,16-17H,1-4H3,(H,14,18). The minimum absolute atomic E-state index is 0.0265. The Labute approximate surface area is 111 Å². The molecule has 0 radical (unpaired) electrons. The highest BCUT2D eigenvalue weighted by molar-refractivity contribution is 5.94. The summed E-state index contributed by atoms with van der Waals surface area (Å²) in [4.78, 5) is 22.4. The van der Waals surface area contributed by atoms with Gasteiger partial charge in [0.1, 0.15) is 17.0 Å². The van der Waals surface area contributed by atoms with Crippen molar-refractivity contribution >= 4 is 18.1 Å². The summed E-state index contributed by atoms with van der Waals surface area (Å²) in [5.74, 6) is -0.807. The molecule has 0 aliphatic carbocycles. The molecule has 0 saturated heterocycles. The number of carbonyl (C=O) groups excluding carboxylic acids is 2. The topological polar surface area (TPSA) is 95.9 Å². The van der Waals surface area contributed by atoms with Crippen molar-refractivity contribution in [2.24, 2.45) is 0 Å². The Bertz CT molecular complexity index is 517. The number of nitrogens with one attached hydrogen (secondary N) is 1. The van der Waals surface area contributed by atoms with Crippen molar-refractivity contribution in [1.82, 2.24) is 0 Å². The number of anilines is 1. The molecule has 1 rings (SSSR count). The van der Waals surface area contributed by atoms with Crippen LogP contribution in [-0.2, 0) is 4.74 Å². The lowest BCUT2D eigenvalue weighted by Crippen LogP contribution is -2.27. The van der Waals surface area contributed by atoms with Crippen LogP contribution in [-0.4, -0.2) is 28.2 Å². The Balaban J connectivity index is 3.10. The van der Waals surface area contributed by atoms with Crippen molar-refractivity contribution < 1.29 is 24.5 Å². The molecule has 0 fully saturated rings. The molecular weight excluding hydrogens is 250 g/mol. The number of hydrogen-bond acceptors (Lipinski definition) is 5. The first-order valence-electron chi connectivity index (χ1n) is 5.66. The van der Waals surface area contributed by atoms with E-state index in [1.54, 1.807) is 27.7 Å². The van der Waals surface area contributed by atoms with Gasteiger partial charge in [-0.25, -0.2) is 4.79 Å². The van der Waals surface area contributed by atoms with Crippen LogP contribution in [0.1, 0.15) is 36.7 Å². The van der Waals surface area contributed by atoms with Crippen molar-refractivity contribution in [3.8, 4) is 11.5 Å². The summed E-state index contributed by atoms with van der Waals surface area (Å²) in [7, 11) is 0. The van der Waals surface area contributed by atoms with E-state index in [-0.39, 0.29) is 17.0 Å². The predicted molar refractivity (Wildman–Crippen MR) is 69.8 cm³/mol. The molecule has 1 amide bonds. The van der Waals surface area contributed by atoms with Gasteiger partial charge >= 0.3 is 6.09 Å². The first-order chi connectivity index (χ1) is 8.65. The summed E-state index contributed by atoms with van der Waals surface area (Å²) < 4.78 is 5.00. The van der Waals surface area contributed by atoms with Gasteiger partial charge in [0.15, 0.2) is 12.0 Å². The zero-order valence-electron chi connectivity index (χ0n) is 11.3. The molecule has 0 unspecified atom stereocenters. The molecule has 0 heterocycles. The second kappa shape index (κ2) is 5.17. The van der Waals surface area contributed by atoms with Gasteiger partial charge in [-0.1, -0.05) is 0 Å². The van der Waals surface area contributed by atoms with Crippen LogP contribution >= 0.6 is 0 Å². The van der Waals surface area contributed by atoms with Gasteiger partial charge in [-0.05, 0) is 39.3 Å². The fourth-order valence-corrected chi connectivity index (χ4v) is 1.44. The molecule has 19 heavy (non-hydrogen) atoms. The largest absolute Gasteiger partial charge is 0.505 e. The van der Waals surface area contributed by atoms with E-state index in [1.807, 2.05) is 0 Å². The van der Waals surface area contributed by atoms with Gasteiger partial charge in [0, 0.05) is 0 Å². The molecular formula is C13H17NO5. The number of hydrogen-bond donors (Lipinski definition) is 3. The fourth-order valence-electron chi connectivity index (χ4n) is 1.44. The van der Waals surface area contributed by atoms with E-state index in [4.69, 9.17) is 4.74 Å². The van der Waals surface area contributed by atoms with Gasteiger partial charge in [-0.2, -0.15) is 0 Å². The van der Waals surface area contributed by atoms with Gasteiger partial charge < -0.3 is 14.9 Å². The normalized spacial score (nSPS) is 10.9. The van der Waals surface area contributed by atoms with Crippen LogP contribution in [0.15, 0.2) is 6.07 Å². The zero-order chi connectivity index (χ0) is 14.8.